The van der Waals surface area contributed by atoms with E-state index in [2.05, 4.69) is 58.9 Å². The van der Waals surface area contributed by atoms with Crippen LogP contribution in [-0.2, 0) is 10.8 Å². The van der Waals surface area contributed by atoms with Crippen LogP contribution in [0.2, 0.25) is 0 Å². The first-order valence-electron chi connectivity index (χ1n) is 6.08. The number of benzene rings is 1. The lowest BCUT2D eigenvalue weighted by Crippen LogP contribution is -2.22. The van der Waals surface area contributed by atoms with E-state index in [9.17, 15) is 0 Å². The van der Waals surface area contributed by atoms with Gasteiger partial charge in [-0.15, -0.1) is 0 Å². The fourth-order valence-electron chi connectivity index (χ4n) is 1.93. The monoisotopic (exact) mass is 219 g/mol. The van der Waals surface area contributed by atoms with Crippen molar-refractivity contribution in [3.8, 4) is 0 Å². The molecule has 0 spiro atoms. The molecule has 1 aromatic rings. The first kappa shape index (κ1) is 13.2. The van der Waals surface area contributed by atoms with E-state index in [1.165, 1.54) is 11.1 Å². The van der Waals surface area contributed by atoms with Gasteiger partial charge in [-0.2, -0.15) is 0 Å². The van der Waals surface area contributed by atoms with Crippen molar-refractivity contribution in [3.05, 3.63) is 35.4 Å². The summed E-state index contributed by atoms with van der Waals surface area (Å²) in [6.45, 7) is 12.0. The Hall–Kier alpha value is -0.820. The van der Waals surface area contributed by atoms with E-state index in [1.54, 1.807) is 0 Å². The van der Waals surface area contributed by atoms with Crippen LogP contribution in [0.3, 0.4) is 0 Å². The van der Waals surface area contributed by atoms with E-state index >= 15 is 0 Å². The summed E-state index contributed by atoms with van der Waals surface area (Å²) in [4.78, 5) is 0. The standard InChI is InChI=1S/C15H25N/c1-14(2,3)12-6-8-13(9-7-12)15(4,5)10-11-16/h6-9H,10-11,16H2,1-5H3. The zero-order valence-corrected chi connectivity index (χ0v) is 11.3. The van der Waals surface area contributed by atoms with Gasteiger partial charge >= 0.3 is 0 Å². The Balaban J connectivity index is 2.95. The van der Waals surface area contributed by atoms with Crippen molar-refractivity contribution in [1.82, 2.24) is 0 Å². The minimum absolute atomic E-state index is 0.186. The van der Waals surface area contributed by atoms with Crippen LogP contribution in [0.25, 0.3) is 0 Å². The maximum atomic E-state index is 5.65. The summed E-state index contributed by atoms with van der Waals surface area (Å²) >= 11 is 0. The van der Waals surface area contributed by atoms with Crippen molar-refractivity contribution in [3.63, 3.8) is 0 Å². The molecule has 0 atom stereocenters. The molecule has 0 radical (unpaired) electrons. The molecule has 0 heterocycles. The maximum absolute atomic E-state index is 5.65. The third kappa shape index (κ3) is 3.08. The molecule has 0 saturated heterocycles. The third-order valence-corrected chi connectivity index (χ3v) is 3.30. The molecule has 2 N–H and O–H groups in total. The van der Waals surface area contributed by atoms with E-state index in [-0.39, 0.29) is 10.8 Å². The van der Waals surface area contributed by atoms with E-state index in [4.69, 9.17) is 5.73 Å². The lowest BCUT2D eigenvalue weighted by Gasteiger charge is -2.26. The van der Waals surface area contributed by atoms with Gasteiger partial charge in [-0.1, -0.05) is 58.9 Å². The smallest absolute Gasteiger partial charge is 0.00690 e. The van der Waals surface area contributed by atoms with Crippen molar-refractivity contribution in [2.24, 2.45) is 5.73 Å². The second kappa shape index (κ2) is 4.58. The molecule has 0 aliphatic rings. The van der Waals surface area contributed by atoms with Crippen molar-refractivity contribution >= 4 is 0 Å². The minimum Gasteiger partial charge on any atom is -0.330 e. The number of hydrogen-bond donors (Lipinski definition) is 1. The molecule has 1 aromatic carbocycles. The van der Waals surface area contributed by atoms with Gasteiger partial charge in [0.15, 0.2) is 0 Å². The SMILES string of the molecule is CC(C)(C)c1ccc(C(C)(C)CCN)cc1. The molecule has 0 aromatic heterocycles. The highest BCUT2D eigenvalue weighted by atomic mass is 14.5. The maximum Gasteiger partial charge on any atom is -0.00690 e. The Morgan fingerprint density at radius 1 is 0.875 bits per heavy atom. The van der Waals surface area contributed by atoms with Crippen LogP contribution in [-0.4, -0.2) is 6.54 Å². The van der Waals surface area contributed by atoms with E-state index in [0.717, 1.165) is 13.0 Å². The molecule has 1 rings (SSSR count). The van der Waals surface area contributed by atoms with Gasteiger partial charge in [0.1, 0.15) is 0 Å². The van der Waals surface area contributed by atoms with Crippen molar-refractivity contribution in [2.45, 2.75) is 51.9 Å². The van der Waals surface area contributed by atoms with Crippen LogP contribution in [0.4, 0.5) is 0 Å². The van der Waals surface area contributed by atoms with Crippen LogP contribution in [0.5, 0.6) is 0 Å². The number of hydrogen-bond acceptors (Lipinski definition) is 1. The minimum atomic E-state index is 0.186. The van der Waals surface area contributed by atoms with Crippen molar-refractivity contribution in [2.75, 3.05) is 6.54 Å². The van der Waals surface area contributed by atoms with E-state index in [0.29, 0.717) is 0 Å². The zero-order valence-electron chi connectivity index (χ0n) is 11.3. The molecule has 16 heavy (non-hydrogen) atoms. The Bertz CT molecular complexity index is 327. The fraction of sp³-hybridized carbons (Fsp3) is 0.600. The lowest BCUT2D eigenvalue weighted by atomic mass is 9.79. The Labute approximate surface area is 100 Å². The molecule has 1 nitrogen and oxygen atoms in total. The molecule has 0 aliphatic heterocycles. The molecule has 0 amide bonds. The number of rotatable bonds is 3. The van der Waals surface area contributed by atoms with Gasteiger partial charge in [-0.25, -0.2) is 0 Å². The summed E-state index contributed by atoms with van der Waals surface area (Å²) in [5.41, 5.74) is 8.84. The van der Waals surface area contributed by atoms with Gasteiger partial charge in [-0.05, 0) is 34.9 Å². The first-order valence-corrected chi connectivity index (χ1v) is 6.08. The summed E-state index contributed by atoms with van der Waals surface area (Å²) in [6, 6.07) is 8.98. The molecule has 90 valence electrons. The predicted octanol–water partition coefficient (Wildman–Crippen LogP) is 3.61. The summed E-state index contributed by atoms with van der Waals surface area (Å²) in [5.74, 6) is 0. The summed E-state index contributed by atoms with van der Waals surface area (Å²) in [7, 11) is 0. The highest BCUT2D eigenvalue weighted by molar-refractivity contribution is 5.31. The Morgan fingerprint density at radius 2 is 1.31 bits per heavy atom. The highest BCUT2D eigenvalue weighted by Gasteiger charge is 2.20. The van der Waals surface area contributed by atoms with Crippen LogP contribution in [0.15, 0.2) is 24.3 Å². The molecular weight excluding hydrogens is 194 g/mol. The molecule has 1 heteroatoms. The average Bonchev–Trinajstić information content (AvgIpc) is 2.16. The second-order valence-corrected chi connectivity index (χ2v) is 6.25. The molecular formula is C15H25N. The average molecular weight is 219 g/mol. The van der Waals surface area contributed by atoms with Gasteiger partial charge in [0, 0.05) is 0 Å². The first-order chi connectivity index (χ1) is 7.27. The van der Waals surface area contributed by atoms with Gasteiger partial charge < -0.3 is 5.73 Å². The zero-order chi connectivity index (χ0) is 12.4. The van der Waals surface area contributed by atoms with Gasteiger partial charge in [-0.3, -0.25) is 0 Å². The topological polar surface area (TPSA) is 26.0 Å². The largest absolute Gasteiger partial charge is 0.330 e. The Morgan fingerprint density at radius 3 is 1.69 bits per heavy atom. The van der Waals surface area contributed by atoms with Gasteiger partial charge in [0.2, 0.25) is 0 Å². The lowest BCUT2D eigenvalue weighted by molar-refractivity contribution is 0.486. The van der Waals surface area contributed by atoms with Crippen LogP contribution in [0, 0.1) is 0 Å². The van der Waals surface area contributed by atoms with Crippen LogP contribution < -0.4 is 5.73 Å². The van der Waals surface area contributed by atoms with Crippen molar-refractivity contribution < 1.29 is 0 Å². The summed E-state index contributed by atoms with van der Waals surface area (Å²) in [6.07, 6.45) is 1.03. The normalized spacial score (nSPS) is 12.9. The number of nitrogens with two attached hydrogens (primary N) is 1. The summed E-state index contributed by atoms with van der Waals surface area (Å²) in [5, 5.41) is 0. The molecule has 0 fully saturated rings. The van der Waals surface area contributed by atoms with E-state index < -0.39 is 0 Å². The Kier molecular flexibility index (Phi) is 3.80. The molecule has 0 unspecified atom stereocenters. The third-order valence-electron chi connectivity index (χ3n) is 3.30. The predicted molar refractivity (Wildman–Crippen MR) is 71.8 cm³/mol. The molecule has 0 bridgehead atoms. The summed E-state index contributed by atoms with van der Waals surface area (Å²) < 4.78 is 0. The quantitative estimate of drug-likeness (QED) is 0.825. The van der Waals surface area contributed by atoms with Gasteiger partial charge in [0.05, 0.1) is 0 Å². The second-order valence-electron chi connectivity index (χ2n) is 6.25. The van der Waals surface area contributed by atoms with Crippen molar-refractivity contribution in [1.29, 1.82) is 0 Å². The molecule has 0 saturated carbocycles. The van der Waals surface area contributed by atoms with Crippen LogP contribution in [0.1, 0.15) is 52.2 Å². The van der Waals surface area contributed by atoms with E-state index in [1.807, 2.05) is 0 Å². The fourth-order valence-corrected chi connectivity index (χ4v) is 1.93. The highest BCUT2D eigenvalue weighted by Crippen LogP contribution is 2.29. The van der Waals surface area contributed by atoms with Gasteiger partial charge in [0.25, 0.3) is 0 Å². The molecule has 0 aliphatic carbocycles. The van der Waals surface area contributed by atoms with Crippen LogP contribution >= 0.6 is 0 Å².